The van der Waals surface area contributed by atoms with Crippen molar-refractivity contribution in [1.82, 2.24) is 14.8 Å². The molecule has 3 rings (SSSR count). The Labute approximate surface area is 206 Å². The number of anilines is 1. The highest BCUT2D eigenvalue weighted by Gasteiger charge is 2.21. The Hall–Kier alpha value is -3.71. The molecule has 0 aliphatic heterocycles. The van der Waals surface area contributed by atoms with Gasteiger partial charge in [-0.15, -0.1) is 0 Å². The van der Waals surface area contributed by atoms with E-state index in [0.717, 1.165) is 24.2 Å². The predicted octanol–water partition coefficient (Wildman–Crippen LogP) is 3.54. The van der Waals surface area contributed by atoms with Crippen LogP contribution in [0.15, 0.2) is 77.6 Å². The normalized spacial score (nSPS) is 11.8. The minimum absolute atomic E-state index is 0.146. The molecule has 0 unspecified atom stereocenters. The lowest BCUT2D eigenvalue weighted by atomic mass is 10.1. The van der Waals surface area contributed by atoms with Crippen molar-refractivity contribution < 1.29 is 9.59 Å². The van der Waals surface area contributed by atoms with E-state index in [1.165, 1.54) is 4.57 Å². The van der Waals surface area contributed by atoms with Crippen LogP contribution in [0.3, 0.4) is 0 Å². The highest BCUT2D eigenvalue weighted by Crippen LogP contribution is 2.19. The lowest BCUT2D eigenvalue weighted by Gasteiger charge is -2.25. The average molecular weight is 475 g/mol. The van der Waals surface area contributed by atoms with Crippen LogP contribution in [-0.2, 0) is 22.6 Å². The summed E-state index contributed by atoms with van der Waals surface area (Å²) in [4.78, 5) is 41.0. The molecular formula is C28H34N4O3. The smallest absolute Gasteiger partial charge is 0.275 e. The molecule has 0 spiro atoms. The van der Waals surface area contributed by atoms with Gasteiger partial charge in [-0.05, 0) is 49.7 Å². The van der Waals surface area contributed by atoms with E-state index in [4.69, 9.17) is 0 Å². The first-order valence-corrected chi connectivity index (χ1v) is 12.1. The molecule has 0 bridgehead atoms. The standard InChI is InChI=1S/C28H34N4O3/c1-4-31(5-2)21(3)27(34)30-24-16-17-25(23-14-10-7-11-15-23)32(28(24)35)20-26(33)29-19-18-22-12-8-6-9-13-22/h6-17,21H,4-5,18-20H2,1-3H3,(H,29,33)(H,30,34)/t21-/m0/s1. The molecule has 0 saturated heterocycles. The summed E-state index contributed by atoms with van der Waals surface area (Å²) in [5.74, 6) is -0.516. The number of rotatable bonds is 11. The number of amides is 2. The van der Waals surface area contributed by atoms with Crippen molar-refractivity contribution in [1.29, 1.82) is 0 Å². The highest BCUT2D eigenvalue weighted by molar-refractivity contribution is 5.94. The molecule has 0 saturated carbocycles. The molecule has 2 N–H and O–H groups in total. The second kappa shape index (κ2) is 12.7. The van der Waals surface area contributed by atoms with E-state index in [9.17, 15) is 14.4 Å². The fourth-order valence-electron chi connectivity index (χ4n) is 4.06. The summed E-state index contributed by atoms with van der Waals surface area (Å²) in [7, 11) is 0. The molecule has 0 aliphatic rings. The van der Waals surface area contributed by atoms with Gasteiger partial charge >= 0.3 is 0 Å². The number of benzene rings is 2. The third-order valence-corrected chi connectivity index (χ3v) is 6.12. The van der Waals surface area contributed by atoms with Crippen LogP contribution in [0.25, 0.3) is 11.3 Å². The maximum atomic E-state index is 13.4. The largest absolute Gasteiger partial charge is 0.354 e. The van der Waals surface area contributed by atoms with Crippen molar-refractivity contribution in [3.8, 4) is 11.3 Å². The summed E-state index contributed by atoms with van der Waals surface area (Å²) >= 11 is 0. The first kappa shape index (κ1) is 25.9. The number of carbonyl (C=O) groups is 2. The van der Waals surface area contributed by atoms with Gasteiger partial charge in [0, 0.05) is 6.54 Å². The van der Waals surface area contributed by atoms with Crippen LogP contribution in [0.1, 0.15) is 26.3 Å². The second-order valence-electron chi connectivity index (χ2n) is 8.36. The first-order valence-electron chi connectivity index (χ1n) is 12.1. The summed E-state index contributed by atoms with van der Waals surface area (Å²) in [6.07, 6.45) is 0.701. The van der Waals surface area contributed by atoms with Gasteiger partial charge in [-0.2, -0.15) is 0 Å². The van der Waals surface area contributed by atoms with Crippen molar-refractivity contribution in [3.05, 3.63) is 88.7 Å². The van der Waals surface area contributed by atoms with E-state index < -0.39 is 5.56 Å². The van der Waals surface area contributed by atoms with Crippen LogP contribution < -0.4 is 16.2 Å². The van der Waals surface area contributed by atoms with Crippen LogP contribution in [0.5, 0.6) is 0 Å². The van der Waals surface area contributed by atoms with Gasteiger partial charge in [0.25, 0.3) is 5.56 Å². The molecule has 2 amide bonds. The topological polar surface area (TPSA) is 83.4 Å². The summed E-state index contributed by atoms with van der Waals surface area (Å²) in [5, 5.41) is 5.67. The summed E-state index contributed by atoms with van der Waals surface area (Å²) < 4.78 is 1.42. The van der Waals surface area contributed by atoms with Crippen molar-refractivity contribution in [3.63, 3.8) is 0 Å². The van der Waals surface area contributed by atoms with Crippen LogP contribution in [0, 0.1) is 0 Å². The minimum atomic E-state index is -0.412. The Morgan fingerprint density at radius 1 is 0.914 bits per heavy atom. The van der Waals surface area contributed by atoms with E-state index in [-0.39, 0.29) is 30.1 Å². The average Bonchev–Trinajstić information content (AvgIpc) is 2.88. The summed E-state index contributed by atoms with van der Waals surface area (Å²) in [5.41, 5.74) is 2.30. The van der Waals surface area contributed by atoms with Crippen LogP contribution in [0.2, 0.25) is 0 Å². The number of nitrogens with one attached hydrogen (secondary N) is 2. The van der Waals surface area contributed by atoms with E-state index in [1.54, 1.807) is 12.1 Å². The van der Waals surface area contributed by atoms with Gasteiger partial charge in [-0.25, -0.2) is 0 Å². The Morgan fingerprint density at radius 3 is 2.17 bits per heavy atom. The second-order valence-corrected chi connectivity index (χ2v) is 8.36. The maximum absolute atomic E-state index is 13.4. The molecule has 0 radical (unpaired) electrons. The predicted molar refractivity (Wildman–Crippen MR) is 140 cm³/mol. The van der Waals surface area contributed by atoms with Crippen LogP contribution in [-0.4, -0.2) is 47.0 Å². The number of hydrogen-bond acceptors (Lipinski definition) is 4. The van der Waals surface area contributed by atoms with Gasteiger partial charge in [0.2, 0.25) is 11.8 Å². The molecule has 0 aliphatic carbocycles. The number of likely N-dealkylation sites (N-methyl/N-ethyl adjacent to an activating group) is 1. The minimum Gasteiger partial charge on any atom is -0.354 e. The zero-order valence-corrected chi connectivity index (χ0v) is 20.7. The van der Waals surface area contributed by atoms with Gasteiger partial charge in [0.1, 0.15) is 12.2 Å². The molecule has 7 heteroatoms. The summed E-state index contributed by atoms with van der Waals surface area (Å²) in [6.45, 7) is 7.58. The van der Waals surface area contributed by atoms with Gasteiger partial charge in [0.05, 0.1) is 11.7 Å². The molecule has 184 valence electrons. The van der Waals surface area contributed by atoms with Crippen molar-refractivity contribution >= 4 is 17.5 Å². The van der Waals surface area contributed by atoms with Crippen LogP contribution >= 0.6 is 0 Å². The van der Waals surface area contributed by atoms with E-state index in [2.05, 4.69) is 10.6 Å². The van der Waals surface area contributed by atoms with Crippen molar-refractivity contribution in [2.45, 2.75) is 39.8 Å². The third kappa shape index (κ3) is 6.90. The fourth-order valence-corrected chi connectivity index (χ4v) is 4.06. The molecule has 3 aromatic rings. The lowest BCUT2D eigenvalue weighted by Crippen LogP contribution is -2.43. The monoisotopic (exact) mass is 474 g/mol. The SMILES string of the molecule is CCN(CC)[C@@H](C)C(=O)Nc1ccc(-c2ccccc2)n(CC(=O)NCCc2ccccc2)c1=O. The maximum Gasteiger partial charge on any atom is 0.275 e. The molecule has 1 heterocycles. The van der Waals surface area contributed by atoms with Gasteiger partial charge in [-0.1, -0.05) is 74.5 Å². The molecule has 0 fully saturated rings. The lowest BCUT2D eigenvalue weighted by molar-refractivity contribution is -0.121. The zero-order valence-electron chi connectivity index (χ0n) is 20.7. The van der Waals surface area contributed by atoms with E-state index in [1.807, 2.05) is 86.3 Å². The van der Waals surface area contributed by atoms with Gasteiger partial charge < -0.3 is 10.6 Å². The van der Waals surface area contributed by atoms with E-state index >= 15 is 0 Å². The number of hydrogen-bond donors (Lipinski definition) is 2. The summed E-state index contributed by atoms with van der Waals surface area (Å²) in [6, 6.07) is 22.3. The molecule has 35 heavy (non-hydrogen) atoms. The quantitative estimate of drug-likeness (QED) is 0.445. The Morgan fingerprint density at radius 2 is 1.54 bits per heavy atom. The number of carbonyl (C=O) groups excluding carboxylic acids is 2. The molecular weight excluding hydrogens is 440 g/mol. The van der Waals surface area contributed by atoms with Crippen molar-refractivity contribution in [2.75, 3.05) is 25.0 Å². The Balaban J connectivity index is 1.82. The molecule has 7 nitrogen and oxygen atoms in total. The highest BCUT2D eigenvalue weighted by atomic mass is 16.2. The van der Waals surface area contributed by atoms with Gasteiger partial charge in [0.15, 0.2) is 0 Å². The third-order valence-electron chi connectivity index (χ3n) is 6.12. The Bertz CT molecular complexity index is 1170. The van der Waals surface area contributed by atoms with Gasteiger partial charge in [-0.3, -0.25) is 23.9 Å². The number of nitrogens with zero attached hydrogens (tertiary/aromatic N) is 2. The number of aromatic nitrogens is 1. The molecule has 2 aromatic carbocycles. The van der Waals surface area contributed by atoms with Crippen LogP contribution in [0.4, 0.5) is 5.69 Å². The molecule has 1 aromatic heterocycles. The Kier molecular flexibility index (Phi) is 9.38. The van der Waals surface area contributed by atoms with E-state index in [0.29, 0.717) is 18.7 Å². The van der Waals surface area contributed by atoms with Crippen molar-refractivity contribution in [2.24, 2.45) is 0 Å². The zero-order chi connectivity index (χ0) is 25.2. The fraction of sp³-hybridized carbons (Fsp3) is 0.321. The number of pyridine rings is 1. The first-order chi connectivity index (χ1) is 16.9. The molecule has 1 atom stereocenters.